The van der Waals surface area contributed by atoms with Crippen molar-refractivity contribution in [2.45, 2.75) is 26.4 Å². The molecule has 0 aliphatic carbocycles. The summed E-state index contributed by atoms with van der Waals surface area (Å²) >= 11 is 0. The van der Waals surface area contributed by atoms with Crippen LogP contribution in [0.1, 0.15) is 34.4 Å². The van der Waals surface area contributed by atoms with Gasteiger partial charge in [0.15, 0.2) is 23.1 Å². The number of fused-ring (bicyclic) bond motifs is 2. The molecule has 0 fully saturated rings. The van der Waals surface area contributed by atoms with Crippen molar-refractivity contribution in [1.82, 2.24) is 35.3 Å². The number of nitrogens with one attached hydrogen (secondary N) is 2. The van der Waals surface area contributed by atoms with Crippen molar-refractivity contribution in [3.8, 4) is 28.4 Å². The van der Waals surface area contributed by atoms with Gasteiger partial charge >= 0.3 is 0 Å². The Morgan fingerprint density at radius 3 is 2.86 bits per heavy atom. The standard InChI is InChI=1S/C25H20FN7O2/c1-2-13-9-22(34)17(26)10-16(13)14-5-6-15-19(8-14)31-32-23(15)24-28-20-11-33(12-21(20)29-24)25(35)18-4-3-7-27-30-18/h3-10,34H,2,11-12H2,1H3,(H,28,29)(H,31,32). The largest absolute Gasteiger partial charge is 0.505 e. The first-order valence-electron chi connectivity index (χ1n) is 11.2. The molecule has 2 aromatic carbocycles. The molecule has 0 unspecified atom stereocenters. The molecule has 0 spiro atoms. The van der Waals surface area contributed by atoms with E-state index in [9.17, 15) is 14.3 Å². The van der Waals surface area contributed by atoms with Gasteiger partial charge in [-0.25, -0.2) is 9.37 Å². The summed E-state index contributed by atoms with van der Waals surface area (Å²) in [6.07, 6.45) is 2.18. The zero-order valence-corrected chi connectivity index (χ0v) is 18.7. The minimum Gasteiger partial charge on any atom is -0.505 e. The van der Waals surface area contributed by atoms with Gasteiger partial charge in [-0.15, -0.1) is 5.10 Å². The molecule has 0 atom stereocenters. The predicted octanol–water partition coefficient (Wildman–Crippen LogP) is 3.97. The second kappa shape index (κ2) is 8.01. The Bertz CT molecular complexity index is 1570. The quantitative estimate of drug-likeness (QED) is 0.366. The van der Waals surface area contributed by atoms with Crippen LogP contribution in [-0.4, -0.2) is 46.3 Å². The van der Waals surface area contributed by atoms with Crippen molar-refractivity contribution >= 4 is 16.8 Å². The maximum atomic E-state index is 14.1. The van der Waals surface area contributed by atoms with Gasteiger partial charge in [0, 0.05) is 11.6 Å². The number of carbonyl (C=O) groups excluding carboxylic acids is 1. The highest BCUT2D eigenvalue weighted by Gasteiger charge is 2.29. The van der Waals surface area contributed by atoms with Crippen molar-refractivity contribution in [3.05, 3.63) is 77.1 Å². The number of hydrogen-bond donors (Lipinski definition) is 3. The molecular formula is C25H20FN7O2. The lowest BCUT2D eigenvalue weighted by molar-refractivity contribution is 0.0741. The molecule has 174 valence electrons. The van der Waals surface area contributed by atoms with Crippen molar-refractivity contribution in [2.75, 3.05) is 0 Å². The highest BCUT2D eigenvalue weighted by atomic mass is 19.1. The molecule has 4 heterocycles. The average molecular weight is 469 g/mol. The summed E-state index contributed by atoms with van der Waals surface area (Å²) in [7, 11) is 0. The minimum absolute atomic E-state index is 0.194. The van der Waals surface area contributed by atoms with Gasteiger partial charge in [0.05, 0.1) is 30.0 Å². The molecule has 1 amide bonds. The lowest BCUT2D eigenvalue weighted by atomic mass is 9.96. The van der Waals surface area contributed by atoms with E-state index in [-0.39, 0.29) is 11.7 Å². The van der Waals surface area contributed by atoms with Crippen molar-refractivity contribution in [1.29, 1.82) is 0 Å². The van der Waals surface area contributed by atoms with Gasteiger partial charge in [0.25, 0.3) is 5.91 Å². The first-order valence-corrected chi connectivity index (χ1v) is 11.2. The zero-order chi connectivity index (χ0) is 24.1. The summed E-state index contributed by atoms with van der Waals surface area (Å²) in [6.45, 7) is 2.73. The van der Waals surface area contributed by atoms with Crippen molar-refractivity contribution in [3.63, 3.8) is 0 Å². The number of imidazole rings is 1. The lowest BCUT2D eigenvalue weighted by Gasteiger charge is -2.14. The second-order valence-corrected chi connectivity index (χ2v) is 8.43. The van der Waals surface area contributed by atoms with Crippen LogP contribution in [0.3, 0.4) is 0 Å². The van der Waals surface area contributed by atoms with E-state index < -0.39 is 5.82 Å². The van der Waals surface area contributed by atoms with E-state index >= 15 is 0 Å². The molecule has 0 saturated heterocycles. The number of phenolic OH excluding ortho intramolecular Hbond substituents is 1. The smallest absolute Gasteiger partial charge is 0.275 e. The Labute approximate surface area is 198 Å². The molecule has 0 bridgehead atoms. The number of hydrogen-bond acceptors (Lipinski definition) is 6. The van der Waals surface area contributed by atoms with Crippen LogP contribution < -0.4 is 0 Å². The molecule has 0 saturated carbocycles. The molecule has 10 heteroatoms. The SMILES string of the molecule is CCc1cc(O)c(F)cc1-c1ccc2c(-c3nc4c([nH]3)CN(C(=O)c3cccnn3)C4)n[nH]c2c1. The Kier molecular flexibility index (Phi) is 4.80. The summed E-state index contributed by atoms with van der Waals surface area (Å²) in [5, 5.41) is 25.8. The fourth-order valence-electron chi connectivity index (χ4n) is 4.50. The number of phenols is 1. The van der Waals surface area contributed by atoms with Crippen molar-refractivity contribution < 1.29 is 14.3 Å². The predicted molar refractivity (Wildman–Crippen MR) is 126 cm³/mol. The van der Waals surface area contributed by atoms with E-state index in [2.05, 4.69) is 25.4 Å². The van der Waals surface area contributed by atoms with Crippen LogP contribution in [0.25, 0.3) is 33.5 Å². The molecule has 5 aromatic rings. The second-order valence-electron chi connectivity index (χ2n) is 8.43. The maximum Gasteiger partial charge on any atom is 0.275 e. The Hall–Kier alpha value is -4.60. The Morgan fingerprint density at radius 1 is 1.20 bits per heavy atom. The Morgan fingerprint density at radius 2 is 2.09 bits per heavy atom. The van der Waals surface area contributed by atoms with E-state index in [0.29, 0.717) is 36.7 Å². The first kappa shape index (κ1) is 21.0. The van der Waals surface area contributed by atoms with E-state index in [1.165, 1.54) is 18.3 Å². The van der Waals surface area contributed by atoms with Gasteiger partial charge in [-0.3, -0.25) is 9.89 Å². The van der Waals surface area contributed by atoms with Crippen LogP contribution >= 0.6 is 0 Å². The average Bonchev–Trinajstić information content (AvgIpc) is 3.58. The molecule has 3 N–H and O–H groups in total. The molecule has 0 radical (unpaired) electrons. The molecular weight excluding hydrogens is 449 g/mol. The number of aromatic nitrogens is 6. The van der Waals surface area contributed by atoms with E-state index in [1.807, 2.05) is 25.1 Å². The number of aromatic amines is 2. The number of H-pyrrole nitrogens is 2. The van der Waals surface area contributed by atoms with Crippen LogP contribution in [-0.2, 0) is 19.5 Å². The van der Waals surface area contributed by atoms with Gasteiger partial charge in [0.1, 0.15) is 5.69 Å². The topological polar surface area (TPSA) is 124 Å². The van der Waals surface area contributed by atoms with Gasteiger partial charge in [-0.2, -0.15) is 10.2 Å². The van der Waals surface area contributed by atoms with Crippen LogP contribution in [0, 0.1) is 5.82 Å². The van der Waals surface area contributed by atoms with E-state index in [0.717, 1.165) is 39.0 Å². The number of aromatic hydroxyl groups is 1. The normalized spacial score (nSPS) is 12.9. The van der Waals surface area contributed by atoms with Crippen LogP contribution in [0.2, 0.25) is 0 Å². The molecule has 35 heavy (non-hydrogen) atoms. The van der Waals surface area contributed by atoms with Gasteiger partial charge in [-0.1, -0.05) is 13.0 Å². The highest BCUT2D eigenvalue weighted by Crippen LogP contribution is 2.34. The monoisotopic (exact) mass is 469 g/mol. The number of rotatable bonds is 4. The fourth-order valence-corrected chi connectivity index (χ4v) is 4.50. The van der Waals surface area contributed by atoms with Gasteiger partial charge in [0.2, 0.25) is 0 Å². The number of benzene rings is 2. The number of carbonyl (C=O) groups is 1. The molecule has 6 rings (SSSR count). The fraction of sp³-hybridized carbons (Fsp3) is 0.160. The maximum absolute atomic E-state index is 14.1. The summed E-state index contributed by atoms with van der Waals surface area (Å²) in [5.41, 5.74) is 5.80. The number of halogens is 1. The number of aryl methyl sites for hydroxylation is 1. The zero-order valence-electron chi connectivity index (χ0n) is 18.7. The number of amides is 1. The van der Waals surface area contributed by atoms with Crippen LogP contribution in [0.15, 0.2) is 48.7 Å². The molecule has 9 nitrogen and oxygen atoms in total. The number of nitrogens with zero attached hydrogens (tertiary/aromatic N) is 5. The molecule has 1 aliphatic rings. The van der Waals surface area contributed by atoms with E-state index in [4.69, 9.17) is 4.98 Å². The summed E-state index contributed by atoms with van der Waals surface area (Å²) in [5.74, 6) is -0.579. The third kappa shape index (κ3) is 3.50. The Balaban J connectivity index is 1.29. The minimum atomic E-state index is -0.653. The van der Waals surface area contributed by atoms with Crippen LogP contribution in [0.4, 0.5) is 4.39 Å². The molecule has 3 aromatic heterocycles. The highest BCUT2D eigenvalue weighted by molar-refractivity contribution is 5.94. The summed E-state index contributed by atoms with van der Waals surface area (Å²) in [4.78, 5) is 22.3. The third-order valence-electron chi connectivity index (χ3n) is 6.28. The lowest BCUT2D eigenvalue weighted by Crippen LogP contribution is -2.26. The van der Waals surface area contributed by atoms with Gasteiger partial charge < -0.3 is 15.0 Å². The first-order chi connectivity index (χ1) is 17.0. The van der Waals surface area contributed by atoms with Gasteiger partial charge in [-0.05, 0) is 59.5 Å². The van der Waals surface area contributed by atoms with Crippen LogP contribution in [0.5, 0.6) is 5.75 Å². The summed E-state index contributed by atoms with van der Waals surface area (Å²) in [6, 6.07) is 11.9. The van der Waals surface area contributed by atoms with E-state index in [1.54, 1.807) is 17.0 Å². The van der Waals surface area contributed by atoms with Crippen molar-refractivity contribution in [2.24, 2.45) is 0 Å². The third-order valence-corrected chi connectivity index (χ3v) is 6.28. The molecule has 1 aliphatic heterocycles. The summed E-state index contributed by atoms with van der Waals surface area (Å²) < 4.78 is 14.1.